The van der Waals surface area contributed by atoms with Gasteiger partial charge < -0.3 is 15.5 Å². The predicted octanol–water partition coefficient (Wildman–Crippen LogP) is 3.83. The summed E-state index contributed by atoms with van der Waals surface area (Å²) in [5.74, 6) is 6.92. The molecule has 3 aromatic heterocycles. The van der Waals surface area contributed by atoms with E-state index < -0.39 is 0 Å². The molecule has 0 saturated carbocycles. The standard InChI is InChI=1S/C25H23N7O2S/c1-3-5-20(33)31-12-4-6-18(31)24-30-21(22-23(26-2)27-11-13-32(22)24)16-7-9-17(10-8-16)25(34)29-19-14-35-15-28-19/h7-11,13-15,18H,4,6,12H2,1-2H3,(H,26,27)(H,29,34). The molecule has 10 heteroatoms. The third-order valence-electron chi connectivity index (χ3n) is 5.96. The van der Waals surface area contributed by atoms with E-state index >= 15 is 0 Å². The minimum absolute atomic E-state index is 0.181. The first kappa shape index (κ1) is 22.6. The number of benzene rings is 1. The lowest BCUT2D eigenvalue weighted by molar-refractivity contribution is -0.126. The molecule has 1 unspecified atom stereocenters. The Hall–Kier alpha value is -4.23. The van der Waals surface area contributed by atoms with Crippen LogP contribution >= 0.6 is 11.3 Å². The average Bonchev–Trinajstić information content (AvgIpc) is 3.63. The number of likely N-dealkylation sites (tertiary alicyclic amines) is 1. The van der Waals surface area contributed by atoms with Gasteiger partial charge in [0, 0.05) is 42.5 Å². The predicted molar refractivity (Wildman–Crippen MR) is 135 cm³/mol. The van der Waals surface area contributed by atoms with Crippen molar-refractivity contribution < 1.29 is 9.59 Å². The van der Waals surface area contributed by atoms with Gasteiger partial charge in [-0.2, -0.15) is 0 Å². The van der Waals surface area contributed by atoms with Crippen LogP contribution < -0.4 is 10.6 Å². The number of thiazole rings is 1. The number of hydrogen-bond acceptors (Lipinski definition) is 7. The second-order valence-corrected chi connectivity index (χ2v) is 8.72. The minimum atomic E-state index is -0.229. The third-order valence-corrected chi connectivity index (χ3v) is 6.54. The number of aromatic nitrogens is 4. The van der Waals surface area contributed by atoms with Crippen LogP contribution in [0.25, 0.3) is 16.8 Å². The number of nitrogens with one attached hydrogen (secondary N) is 2. The Labute approximate surface area is 206 Å². The summed E-state index contributed by atoms with van der Waals surface area (Å²) in [6.07, 6.45) is 5.28. The summed E-state index contributed by atoms with van der Waals surface area (Å²) in [6, 6.07) is 7.09. The number of imidazole rings is 1. The van der Waals surface area contributed by atoms with Crippen LogP contribution in [0.1, 0.15) is 42.0 Å². The maximum absolute atomic E-state index is 12.6. The Kier molecular flexibility index (Phi) is 6.16. The maximum Gasteiger partial charge on any atom is 0.299 e. The lowest BCUT2D eigenvalue weighted by Crippen LogP contribution is -2.30. The van der Waals surface area contributed by atoms with Gasteiger partial charge in [0.2, 0.25) is 0 Å². The first-order chi connectivity index (χ1) is 17.1. The number of rotatable bonds is 5. The van der Waals surface area contributed by atoms with E-state index in [-0.39, 0.29) is 17.9 Å². The molecule has 1 aliphatic heterocycles. The molecular formula is C25H23N7O2S. The van der Waals surface area contributed by atoms with Gasteiger partial charge in [0.1, 0.15) is 22.9 Å². The summed E-state index contributed by atoms with van der Waals surface area (Å²) in [6.45, 7) is 2.31. The van der Waals surface area contributed by atoms with Gasteiger partial charge in [-0.15, -0.1) is 11.3 Å². The average molecular weight is 486 g/mol. The van der Waals surface area contributed by atoms with Crippen molar-refractivity contribution in [1.82, 2.24) is 24.3 Å². The molecule has 4 heterocycles. The van der Waals surface area contributed by atoms with Crippen LogP contribution in [0.5, 0.6) is 0 Å². The molecule has 0 radical (unpaired) electrons. The van der Waals surface area contributed by atoms with Crippen LogP contribution in [-0.2, 0) is 4.79 Å². The Balaban J connectivity index is 1.55. The van der Waals surface area contributed by atoms with Gasteiger partial charge in [-0.3, -0.25) is 14.0 Å². The summed E-state index contributed by atoms with van der Waals surface area (Å²) < 4.78 is 1.99. The zero-order valence-electron chi connectivity index (χ0n) is 19.3. The highest BCUT2D eigenvalue weighted by Crippen LogP contribution is 2.36. The number of fused-ring (bicyclic) bond motifs is 1. The van der Waals surface area contributed by atoms with Gasteiger partial charge in [0.25, 0.3) is 11.8 Å². The highest BCUT2D eigenvalue weighted by atomic mass is 32.1. The fraction of sp³-hybridized carbons (Fsp3) is 0.240. The van der Waals surface area contributed by atoms with E-state index in [0.717, 1.165) is 35.4 Å². The zero-order chi connectivity index (χ0) is 24.4. The molecule has 0 spiro atoms. The van der Waals surface area contributed by atoms with Crippen LogP contribution in [0, 0.1) is 11.8 Å². The Morgan fingerprint density at radius 1 is 1.20 bits per heavy atom. The van der Waals surface area contributed by atoms with Crippen molar-refractivity contribution >= 4 is 40.3 Å². The van der Waals surface area contributed by atoms with E-state index in [1.807, 2.05) is 29.8 Å². The molecule has 4 aromatic rings. The summed E-state index contributed by atoms with van der Waals surface area (Å²) in [4.78, 5) is 40.6. The molecule has 2 amide bonds. The molecule has 1 aromatic carbocycles. The van der Waals surface area contributed by atoms with Crippen molar-refractivity contribution in [3.8, 4) is 23.1 Å². The number of nitrogens with zero attached hydrogens (tertiary/aromatic N) is 5. The highest BCUT2D eigenvalue weighted by molar-refractivity contribution is 7.07. The fourth-order valence-corrected chi connectivity index (χ4v) is 4.87. The lowest BCUT2D eigenvalue weighted by atomic mass is 10.1. The van der Waals surface area contributed by atoms with Gasteiger partial charge in [0.15, 0.2) is 5.82 Å². The number of anilines is 2. The molecule has 0 aliphatic carbocycles. The van der Waals surface area contributed by atoms with Crippen LogP contribution in [-0.4, -0.2) is 49.7 Å². The molecule has 0 bridgehead atoms. The van der Waals surface area contributed by atoms with Gasteiger partial charge >= 0.3 is 0 Å². The number of amides is 2. The normalized spacial score (nSPS) is 15.0. The van der Waals surface area contributed by atoms with E-state index in [0.29, 0.717) is 23.7 Å². The monoisotopic (exact) mass is 485 g/mol. The Bertz CT molecular complexity index is 1450. The molecule has 9 nitrogen and oxygen atoms in total. The molecule has 176 valence electrons. The number of carbonyl (C=O) groups is 2. The van der Waals surface area contributed by atoms with Gasteiger partial charge in [0.05, 0.1) is 11.6 Å². The second-order valence-electron chi connectivity index (χ2n) is 8.00. The lowest BCUT2D eigenvalue weighted by Gasteiger charge is -2.21. The van der Waals surface area contributed by atoms with Gasteiger partial charge in [-0.25, -0.2) is 15.0 Å². The molecule has 1 aliphatic rings. The summed E-state index contributed by atoms with van der Waals surface area (Å²) in [5, 5.41) is 7.71. The molecule has 1 atom stereocenters. The topological polar surface area (TPSA) is 105 Å². The first-order valence-corrected chi connectivity index (χ1v) is 12.1. The van der Waals surface area contributed by atoms with E-state index in [1.54, 1.807) is 41.0 Å². The molecular weight excluding hydrogens is 462 g/mol. The molecule has 35 heavy (non-hydrogen) atoms. The Morgan fingerprint density at radius 2 is 2.03 bits per heavy atom. The second kappa shape index (κ2) is 9.56. The van der Waals surface area contributed by atoms with Crippen LogP contribution in [0.15, 0.2) is 47.5 Å². The van der Waals surface area contributed by atoms with Crippen molar-refractivity contribution in [3.05, 3.63) is 58.9 Å². The van der Waals surface area contributed by atoms with Crippen molar-refractivity contribution in [3.63, 3.8) is 0 Å². The van der Waals surface area contributed by atoms with Gasteiger partial charge in [-0.1, -0.05) is 18.1 Å². The van der Waals surface area contributed by atoms with E-state index in [4.69, 9.17) is 4.98 Å². The number of carbonyl (C=O) groups excluding carboxylic acids is 2. The van der Waals surface area contributed by atoms with Gasteiger partial charge in [-0.05, 0) is 37.8 Å². The zero-order valence-corrected chi connectivity index (χ0v) is 20.1. The first-order valence-electron chi connectivity index (χ1n) is 11.2. The Morgan fingerprint density at radius 3 is 2.74 bits per heavy atom. The minimum Gasteiger partial charge on any atom is -0.371 e. The molecule has 5 rings (SSSR count). The molecule has 1 saturated heterocycles. The van der Waals surface area contributed by atoms with Crippen LogP contribution in [0.3, 0.4) is 0 Å². The van der Waals surface area contributed by atoms with Crippen LogP contribution in [0.4, 0.5) is 11.6 Å². The third kappa shape index (κ3) is 4.22. The van der Waals surface area contributed by atoms with E-state index in [2.05, 4.69) is 32.4 Å². The maximum atomic E-state index is 12.6. The van der Waals surface area contributed by atoms with Crippen molar-refractivity contribution in [2.75, 3.05) is 24.2 Å². The SMILES string of the molecule is CC#CC(=O)N1CCCC1c1nc(-c2ccc(C(=O)Nc3cscn3)cc2)c2c(NC)nccn12. The van der Waals surface area contributed by atoms with E-state index in [1.165, 1.54) is 11.3 Å². The molecule has 1 fully saturated rings. The summed E-state index contributed by atoms with van der Waals surface area (Å²) in [5.41, 5.74) is 4.56. The fourth-order valence-electron chi connectivity index (χ4n) is 4.38. The van der Waals surface area contributed by atoms with Crippen molar-refractivity contribution in [2.45, 2.75) is 25.8 Å². The largest absolute Gasteiger partial charge is 0.371 e. The summed E-state index contributed by atoms with van der Waals surface area (Å²) in [7, 11) is 1.81. The summed E-state index contributed by atoms with van der Waals surface area (Å²) >= 11 is 1.42. The smallest absolute Gasteiger partial charge is 0.299 e. The van der Waals surface area contributed by atoms with Crippen molar-refractivity contribution in [1.29, 1.82) is 0 Å². The quantitative estimate of drug-likeness (QED) is 0.416. The highest BCUT2D eigenvalue weighted by Gasteiger charge is 2.33. The molecule has 2 N–H and O–H groups in total. The number of hydrogen-bond donors (Lipinski definition) is 2. The van der Waals surface area contributed by atoms with Crippen molar-refractivity contribution in [2.24, 2.45) is 0 Å². The van der Waals surface area contributed by atoms with Crippen LogP contribution in [0.2, 0.25) is 0 Å². The van der Waals surface area contributed by atoms with E-state index in [9.17, 15) is 9.59 Å².